The Morgan fingerprint density at radius 1 is 1.36 bits per heavy atom. The van der Waals surface area contributed by atoms with E-state index in [4.69, 9.17) is 0 Å². The number of imide groups is 1. The second kappa shape index (κ2) is 3.26. The zero-order valence-corrected chi connectivity index (χ0v) is 8.51. The summed E-state index contributed by atoms with van der Waals surface area (Å²) in [5, 5.41) is 2.99. The molecule has 0 radical (unpaired) electrons. The lowest BCUT2D eigenvalue weighted by Crippen LogP contribution is -2.60. The Bertz CT molecular complexity index is 249. The SMILES string of the molecule is CCN1C(=O)CC2(CCCC2)NC1=O. The number of nitrogens with one attached hydrogen (secondary N) is 1. The molecule has 4 heteroatoms. The van der Waals surface area contributed by atoms with Crippen LogP contribution >= 0.6 is 0 Å². The number of carbonyl (C=O) groups is 2. The van der Waals surface area contributed by atoms with E-state index < -0.39 is 0 Å². The van der Waals surface area contributed by atoms with Gasteiger partial charge in [-0.3, -0.25) is 9.69 Å². The Balaban J connectivity index is 2.14. The van der Waals surface area contributed by atoms with Gasteiger partial charge in [0.05, 0.1) is 12.0 Å². The van der Waals surface area contributed by atoms with Gasteiger partial charge in [-0.15, -0.1) is 0 Å². The minimum absolute atomic E-state index is 0.0156. The quantitative estimate of drug-likeness (QED) is 0.686. The smallest absolute Gasteiger partial charge is 0.324 e. The molecule has 3 amide bonds. The number of nitrogens with zero attached hydrogens (tertiary/aromatic N) is 1. The zero-order chi connectivity index (χ0) is 10.2. The second-order valence-corrected chi connectivity index (χ2v) is 4.23. The molecule has 1 aliphatic heterocycles. The molecule has 2 fully saturated rings. The van der Waals surface area contributed by atoms with Gasteiger partial charge in [-0.25, -0.2) is 4.79 Å². The Morgan fingerprint density at radius 2 is 2.00 bits per heavy atom. The fraction of sp³-hybridized carbons (Fsp3) is 0.800. The summed E-state index contributed by atoms with van der Waals surface area (Å²) in [4.78, 5) is 24.5. The topological polar surface area (TPSA) is 49.4 Å². The molecule has 1 aliphatic carbocycles. The summed E-state index contributed by atoms with van der Waals surface area (Å²) in [6, 6.07) is -0.203. The molecule has 0 aromatic rings. The molecule has 0 bridgehead atoms. The van der Waals surface area contributed by atoms with Crippen molar-refractivity contribution in [2.24, 2.45) is 0 Å². The molecule has 1 saturated heterocycles. The van der Waals surface area contributed by atoms with Crippen LogP contribution in [0.2, 0.25) is 0 Å². The van der Waals surface area contributed by atoms with Gasteiger partial charge in [-0.05, 0) is 19.8 Å². The lowest BCUT2D eigenvalue weighted by Gasteiger charge is -2.38. The highest BCUT2D eigenvalue weighted by Crippen LogP contribution is 2.35. The van der Waals surface area contributed by atoms with Crippen molar-refractivity contribution in [3.8, 4) is 0 Å². The summed E-state index contributed by atoms with van der Waals surface area (Å²) >= 11 is 0. The average Bonchev–Trinajstić information content (AvgIpc) is 2.52. The van der Waals surface area contributed by atoms with Gasteiger partial charge >= 0.3 is 6.03 Å². The predicted molar refractivity (Wildman–Crippen MR) is 51.7 cm³/mol. The third-order valence-corrected chi connectivity index (χ3v) is 3.28. The van der Waals surface area contributed by atoms with Crippen molar-refractivity contribution in [1.82, 2.24) is 10.2 Å². The maximum atomic E-state index is 11.7. The first-order valence-electron chi connectivity index (χ1n) is 5.29. The molecule has 2 rings (SSSR count). The number of carbonyl (C=O) groups excluding carboxylic acids is 2. The Kier molecular flexibility index (Phi) is 2.21. The van der Waals surface area contributed by atoms with Crippen LogP contribution in [-0.2, 0) is 4.79 Å². The van der Waals surface area contributed by atoms with E-state index in [1.165, 1.54) is 4.90 Å². The molecule has 0 aromatic carbocycles. The van der Waals surface area contributed by atoms with Crippen molar-refractivity contribution in [1.29, 1.82) is 0 Å². The highest BCUT2D eigenvalue weighted by molar-refractivity contribution is 5.98. The van der Waals surface area contributed by atoms with Gasteiger partial charge in [-0.1, -0.05) is 12.8 Å². The van der Waals surface area contributed by atoms with Crippen LogP contribution in [0.15, 0.2) is 0 Å². The number of rotatable bonds is 1. The zero-order valence-electron chi connectivity index (χ0n) is 8.51. The van der Waals surface area contributed by atoms with Crippen LogP contribution in [0.1, 0.15) is 39.0 Å². The molecule has 1 spiro atoms. The first-order chi connectivity index (χ1) is 6.67. The van der Waals surface area contributed by atoms with E-state index in [1.807, 2.05) is 6.92 Å². The molecule has 1 saturated carbocycles. The summed E-state index contributed by atoms with van der Waals surface area (Å²) in [5.41, 5.74) is -0.195. The van der Waals surface area contributed by atoms with E-state index in [0.717, 1.165) is 25.7 Å². The van der Waals surface area contributed by atoms with Crippen LogP contribution in [0.4, 0.5) is 4.79 Å². The number of hydrogen-bond acceptors (Lipinski definition) is 2. The first kappa shape index (κ1) is 9.49. The normalized spacial score (nSPS) is 25.6. The summed E-state index contributed by atoms with van der Waals surface area (Å²) in [5.74, 6) is -0.0156. The van der Waals surface area contributed by atoms with E-state index in [-0.39, 0.29) is 17.5 Å². The van der Waals surface area contributed by atoms with E-state index in [0.29, 0.717) is 13.0 Å². The third kappa shape index (κ3) is 1.38. The Hall–Kier alpha value is -1.06. The van der Waals surface area contributed by atoms with E-state index in [9.17, 15) is 9.59 Å². The molecule has 0 aromatic heterocycles. The fourth-order valence-corrected chi connectivity index (χ4v) is 2.51. The number of hydrogen-bond donors (Lipinski definition) is 1. The van der Waals surface area contributed by atoms with Gasteiger partial charge in [0, 0.05) is 6.54 Å². The van der Waals surface area contributed by atoms with Crippen molar-refractivity contribution in [2.45, 2.75) is 44.6 Å². The van der Waals surface area contributed by atoms with Gasteiger partial charge in [0.25, 0.3) is 0 Å². The number of urea groups is 1. The minimum Gasteiger partial charge on any atom is -0.332 e. The molecular formula is C10H16N2O2. The lowest BCUT2D eigenvalue weighted by molar-refractivity contribution is -0.131. The second-order valence-electron chi connectivity index (χ2n) is 4.23. The van der Waals surface area contributed by atoms with Crippen LogP contribution in [-0.4, -0.2) is 28.9 Å². The van der Waals surface area contributed by atoms with Gasteiger partial charge < -0.3 is 5.32 Å². The fourth-order valence-electron chi connectivity index (χ4n) is 2.51. The molecule has 14 heavy (non-hydrogen) atoms. The minimum atomic E-state index is -0.203. The molecule has 4 nitrogen and oxygen atoms in total. The molecule has 0 unspecified atom stereocenters. The van der Waals surface area contributed by atoms with Crippen molar-refractivity contribution in [2.75, 3.05) is 6.54 Å². The van der Waals surface area contributed by atoms with Gasteiger partial charge in [0.1, 0.15) is 0 Å². The van der Waals surface area contributed by atoms with Gasteiger partial charge in [-0.2, -0.15) is 0 Å². The van der Waals surface area contributed by atoms with E-state index >= 15 is 0 Å². The van der Waals surface area contributed by atoms with Gasteiger partial charge in [0.15, 0.2) is 0 Å². The Morgan fingerprint density at radius 3 is 2.50 bits per heavy atom. The highest BCUT2D eigenvalue weighted by Gasteiger charge is 2.43. The summed E-state index contributed by atoms with van der Waals surface area (Å²) in [7, 11) is 0. The summed E-state index contributed by atoms with van der Waals surface area (Å²) in [6.07, 6.45) is 4.66. The molecule has 1 N–H and O–H groups in total. The monoisotopic (exact) mass is 196 g/mol. The van der Waals surface area contributed by atoms with Crippen molar-refractivity contribution >= 4 is 11.9 Å². The summed E-state index contributed by atoms with van der Waals surface area (Å²) < 4.78 is 0. The van der Waals surface area contributed by atoms with Crippen molar-refractivity contribution < 1.29 is 9.59 Å². The molecule has 78 valence electrons. The van der Waals surface area contributed by atoms with E-state index in [2.05, 4.69) is 5.32 Å². The molecule has 0 atom stereocenters. The van der Waals surface area contributed by atoms with Crippen LogP contribution in [0.3, 0.4) is 0 Å². The standard InChI is InChI=1S/C10H16N2O2/c1-2-12-8(13)7-10(11-9(12)14)5-3-4-6-10/h2-7H2,1H3,(H,11,14). The third-order valence-electron chi connectivity index (χ3n) is 3.28. The molecule has 2 aliphatic rings. The summed E-state index contributed by atoms with van der Waals surface area (Å²) in [6.45, 7) is 2.30. The van der Waals surface area contributed by atoms with Crippen molar-refractivity contribution in [3.63, 3.8) is 0 Å². The predicted octanol–water partition coefficient (Wildman–Crippen LogP) is 1.26. The molecule has 1 heterocycles. The maximum absolute atomic E-state index is 11.7. The first-order valence-corrected chi connectivity index (χ1v) is 5.29. The van der Waals surface area contributed by atoms with Gasteiger partial charge in [0.2, 0.25) is 5.91 Å². The van der Waals surface area contributed by atoms with E-state index in [1.54, 1.807) is 0 Å². The number of amides is 3. The van der Waals surface area contributed by atoms with Crippen LogP contribution in [0.5, 0.6) is 0 Å². The lowest BCUT2D eigenvalue weighted by atomic mass is 9.91. The average molecular weight is 196 g/mol. The maximum Gasteiger partial charge on any atom is 0.324 e. The highest BCUT2D eigenvalue weighted by atomic mass is 16.2. The van der Waals surface area contributed by atoms with Crippen LogP contribution in [0.25, 0.3) is 0 Å². The van der Waals surface area contributed by atoms with Crippen molar-refractivity contribution in [3.05, 3.63) is 0 Å². The van der Waals surface area contributed by atoms with Crippen LogP contribution in [0, 0.1) is 0 Å². The largest absolute Gasteiger partial charge is 0.332 e. The Labute approximate surface area is 83.6 Å². The van der Waals surface area contributed by atoms with Crippen LogP contribution < -0.4 is 5.32 Å². The molecular weight excluding hydrogens is 180 g/mol.